The van der Waals surface area contributed by atoms with Gasteiger partial charge < -0.3 is 9.47 Å². The molecule has 0 aromatic heterocycles. The number of carbonyl (C=O) groups is 1. The van der Waals surface area contributed by atoms with E-state index in [9.17, 15) is 4.79 Å². The molecule has 86 valence electrons. The van der Waals surface area contributed by atoms with E-state index in [4.69, 9.17) is 9.47 Å². The molecule has 0 unspecified atom stereocenters. The van der Waals surface area contributed by atoms with Crippen LogP contribution in [-0.4, -0.2) is 19.5 Å². The van der Waals surface area contributed by atoms with Crippen LogP contribution in [0.25, 0.3) is 5.57 Å². The second kappa shape index (κ2) is 5.95. The van der Waals surface area contributed by atoms with Crippen molar-refractivity contribution in [3.63, 3.8) is 0 Å². The normalized spacial score (nSPS) is 11.4. The summed E-state index contributed by atoms with van der Waals surface area (Å²) in [6.45, 7) is 3.94. The molecule has 0 amide bonds. The lowest BCUT2D eigenvalue weighted by Crippen LogP contribution is -2.05. The molecule has 1 aromatic carbocycles. The lowest BCUT2D eigenvalue weighted by atomic mass is 10.1. The van der Waals surface area contributed by atoms with Crippen LogP contribution in [0.1, 0.15) is 19.4 Å². The maximum Gasteiger partial charge on any atom is 0.153 e. The summed E-state index contributed by atoms with van der Waals surface area (Å²) in [6, 6.07) is 7.33. The Balaban J connectivity index is 2.85. The van der Waals surface area contributed by atoms with E-state index in [2.05, 4.69) is 0 Å². The number of aldehydes is 1. The van der Waals surface area contributed by atoms with Crippen molar-refractivity contribution in [2.45, 2.75) is 20.0 Å². The molecule has 1 rings (SSSR count). The second-order valence-electron chi connectivity index (χ2n) is 3.62. The van der Waals surface area contributed by atoms with Crippen LogP contribution in [-0.2, 0) is 9.53 Å². The van der Waals surface area contributed by atoms with Crippen molar-refractivity contribution < 1.29 is 14.3 Å². The lowest BCUT2D eigenvalue weighted by Gasteiger charge is -2.09. The lowest BCUT2D eigenvalue weighted by molar-refractivity contribution is -0.103. The third-order valence-electron chi connectivity index (χ3n) is 1.93. The zero-order chi connectivity index (χ0) is 12.0. The number of hydrogen-bond acceptors (Lipinski definition) is 3. The molecule has 0 fully saturated rings. The number of hydrogen-bond donors (Lipinski definition) is 0. The van der Waals surface area contributed by atoms with E-state index in [0.29, 0.717) is 5.57 Å². The van der Waals surface area contributed by atoms with E-state index in [1.807, 2.05) is 38.1 Å². The van der Waals surface area contributed by atoms with Gasteiger partial charge in [-0.05, 0) is 31.5 Å². The molecule has 3 heteroatoms. The van der Waals surface area contributed by atoms with E-state index >= 15 is 0 Å². The Bertz CT molecular complexity index is 363. The number of carbonyl (C=O) groups excluding carboxylic acids is 1. The molecule has 0 atom stereocenters. The van der Waals surface area contributed by atoms with Gasteiger partial charge in [-0.25, -0.2) is 0 Å². The summed E-state index contributed by atoms with van der Waals surface area (Å²) in [6.07, 6.45) is 2.33. The van der Waals surface area contributed by atoms with Gasteiger partial charge in [-0.1, -0.05) is 12.1 Å². The first-order valence-electron chi connectivity index (χ1n) is 5.12. The zero-order valence-electron chi connectivity index (χ0n) is 9.77. The molecule has 0 N–H and O–H groups in total. The van der Waals surface area contributed by atoms with Gasteiger partial charge in [0.05, 0.1) is 25.0 Å². The van der Waals surface area contributed by atoms with Crippen molar-refractivity contribution in [3.8, 4) is 5.75 Å². The highest BCUT2D eigenvalue weighted by atomic mass is 16.5. The molecular weight excluding hydrogens is 204 g/mol. The van der Waals surface area contributed by atoms with Crippen molar-refractivity contribution >= 4 is 11.9 Å². The topological polar surface area (TPSA) is 35.5 Å². The highest BCUT2D eigenvalue weighted by molar-refractivity contribution is 6.06. The van der Waals surface area contributed by atoms with Gasteiger partial charge in [0.25, 0.3) is 0 Å². The Kier molecular flexibility index (Phi) is 4.58. The highest BCUT2D eigenvalue weighted by Gasteiger charge is 2.02. The van der Waals surface area contributed by atoms with Gasteiger partial charge >= 0.3 is 0 Å². The van der Waals surface area contributed by atoms with E-state index < -0.39 is 0 Å². The molecule has 16 heavy (non-hydrogen) atoms. The number of allylic oxidation sites excluding steroid dienone is 1. The Morgan fingerprint density at radius 3 is 2.31 bits per heavy atom. The van der Waals surface area contributed by atoms with Crippen molar-refractivity contribution in [2.75, 3.05) is 7.11 Å². The van der Waals surface area contributed by atoms with Gasteiger partial charge in [0, 0.05) is 0 Å². The Morgan fingerprint density at radius 1 is 1.25 bits per heavy atom. The summed E-state index contributed by atoms with van der Waals surface area (Å²) in [5.41, 5.74) is 1.33. The fourth-order valence-corrected chi connectivity index (χ4v) is 1.29. The number of benzene rings is 1. The van der Waals surface area contributed by atoms with Crippen LogP contribution in [0.4, 0.5) is 0 Å². The summed E-state index contributed by atoms with van der Waals surface area (Å²) in [5.74, 6) is 0.793. The second-order valence-corrected chi connectivity index (χ2v) is 3.62. The first-order chi connectivity index (χ1) is 7.67. The van der Waals surface area contributed by atoms with Crippen LogP contribution in [0, 0.1) is 0 Å². The molecule has 0 saturated heterocycles. The molecule has 3 nitrogen and oxygen atoms in total. The summed E-state index contributed by atoms with van der Waals surface area (Å²) in [7, 11) is 1.51. The molecule has 0 aliphatic rings. The molecule has 0 radical (unpaired) electrons. The van der Waals surface area contributed by atoms with E-state index in [-0.39, 0.29) is 6.10 Å². The molecule has 1 aromatic rings. The summed E-state index contributed by atoms with van der Waals surface area (Å²) in [5, 5.41) is 0. The minimum atomic E-state index is 0.144. The van der Waals surface area contributed by atoms with E-state index in [1.54, 1.807) is 0 Å². The third kappa shape index (κ3) is 3.42. The quantitative estimate of drug-likeness (QED) is 0.435. The van der Waals surface area contributed by atoms with Gasteiger partial charge in [-0.15, -0.1) is 0 Å². The summed E-state index contributed by atoms with van der Waals surface area (Å²) in [4.78, 5) is 10.8. The van der Waals surface area contributed by atoms with E-state index in [0.717, 1.165) is 17.6 Å². The van der Waals surface area contributed by atoms with Crippen molar-refractivity contribution in [3.05, 3.63) is 36.1 Å². The molecular formula is C13H16O3. The van der Waals surface area contributed by atoms with Gasteiger partial charge in [0.2, 0.25) is 0 Å². The fraction of sp³-hybridized carbons (Fsp3) is 0.308. The standard InChI is InChI=1S/C13H16O3/c1-10(2)16-13-6-4-11(5-7-13)12(8-14)9-15-3/h4-10H,1-3H3/b12-9-. The average Bonchev–Trinajstić information content (AvgIpc) is 2.26. The minimum absolute atomic E-state index is 0.144. The molecule has 0 heterocycles. The van der Waals surface area contributed by atoms with Crippen LogP contribution in [0.2, 0.25) is 0 Å². The monoisotopic (exact) mass is 220 g/mol. The van der Waals surface area contributed by atoms with Crippen LogP contribution < -0.4 is 4.74 Å². The first-order valence-corrected chi connectivity index (χ1v) is 5.12. The molecule has 0 bridgehead atoms. The molecule has 0 saturated carbocycles. The molecule has 0 aliphatic heterocycles. The van der Waals surface area contributed by atoms with Gasteiger partial charge in [0.1, 0.15) is 5.75 Å². The Morgan fingerprint density at radius 2 is 1.88 bits per heavy atom. The number of ether oxygens (including phenoxy) is 2. The Labute approximate surface area is 95.7 Å². The maximum absolute atomic E-state index is 10.8. The van der Waals surface area contributed by atoms with Crippen LogP contribution in [0.5, 0.6) is 5.75 Å². The first kappa shape index (κ1) is 12.3. The third-order valence-corrected chi connectivity index (χ3v) is 1.93. The maximum atomic E-state index is 10.8. The SMILES string of the molecule is CO/C=C(/C=O)c1ccc(OC(C)C)cc1. The van der Waals surface area contributed by atoms with Gasteiger partial charge in [-0.2, -0.15) is 0 Å². The Hall–Kier alpha value is -1.77. The summed E-state index contributed by atoms with van der Waals surface area (Å²) < 4.78 is 10.3. The zero-order valence-corrected chi connectivity index (χ0v) is 9.77. The smallest absolute Gasteiger partial charge is 0.153 e. The van der Waals surface area contributed by atoms with Crippen LogP contribution in [0.3, 0.4) is 0 Å². The van der Waals surface area contributed by atoms with Gasteiger partial charge in [-0.3, -0.25) is 4.79 Å². The minimum Gasteiger partial charge on any atom is -0.504 e. The molecule has 0 aliphatic carbocycles. The predicted molar refractivity (Wildman–Crippen MR) is 63.3 cm³/mol. The average molecular weight is 220 g/mol. The van der Waals surface area contributed by atoms with Crippen molar-refractivity contribution in [1.29, 1.82) is 0 Å². The molecule has 0 spiro atoms. The van der Waals surface area contributed by atoms with Crippen molar-refractivity contribution in [2.24, 2.45) is 0 Å². The van der Waals surface area contributed by atoms with Crippen molar-refractivity contribution in [1.82, 2.24) is 0 Å². The number of rotatable bonds is 5. The number of methoxy groups -OCH3 is 1. The fourth-order valence-electron chi connectivity index (χ4n) is 1.29. The van der Waals surface area contributed by atoms with Crippen LogP contribution >= 0.6 is 0 Å². The van der Waals surface area contributed by atoms with E-state index in [1.165, 1.54) is 13.4 Å². The largest absolute Gasteiger partial charge is 0.504 e. The predicted octanol–water partition coefficient (Wildman–Crippen LogP) is 2.66. The summed E-state index contributed by atoms with van der Waals surface area (Å²) >= 11 is 0. The highest BCUT2D eigenvalue weighted by Crippen LogP contribution is 2.18. The van der Waals surface area contributed by atoms with Crippen LogP contribution in [0.15, 0.2) is 30.5 Å². The van der Waals surface area contributed by atoms with Gasteiger partial charge in [0.15, 0.2) is 6.29 Å².